The lowest BCUT2D eigenvalue weighted by Gasteiger charge is -2.13. The van der Waals surface area contributed by atoms with Crippen LogP contribution in [0.4, 0.5) is 5.69 Å². The lowest BCUT2D eigenvalue weighted by Crippen LogP contribution is -2.16. The van der Waals surface area contributed by atoms with Crippen LogP contribution < -0.4 is 11.1 Å². The first-order chi connectivity index (χ1) is 18.3. The zero-order valence-electron chi connectivity index (χ0n) is 22.7. The monoisotopic (exact) mass is 509 g/mol. The lowest BCUT2D eigenvalue weighted by atomic mass is 9.96. The van der Waals surface area contributed by atoms with Gasteiger partial charge in [0.2, 0.25) is 11.7 Å². The number of amides is 1. The van der Waals surface area contributed by atoms with E-state index in [9.17, 15) is 4.79 Å². The van der Waals surface area contributed by atoms with Crippen LogP contribution in [0, 0.1) is 6.92 Å². The van der Waals surface area contributed by atoms with Crippen molar-refractivity contribution in [3.63, 3.8) is 0 Å². The Balaban J connectivity index is 1.61. The zero-order valence-corrected chi connectivity index (χ0v) is 22.7. The van der Waals surface area contributed by atoms with E-state index < -0.39 is 0 Å². The van der Waals surface area contributed by atoms with Crippen molar-refractivity contribution in [1.82, 2.24) is 15.1 Å². The second-order valence-corrected chi connectivity index (χ2v) is 9.84. The van der Waals surface area contributed by atoms with Crippen molar-refractivity contribution in [2.75, 3.05) is 5.32 Å². The molecular formula is C31H35N5O2. The number of rotatable bonds is 9. The predicted molar refractivity (Wildman–Crippen MR) is 153 cm³/mol. The van der Waals surface area contributed by atoms with E-state index in [0.717, 1.165) is 47.1 Å². The Kier molecular flexibility index (Phi) is 8.36. The predicted octanol–water partition coefficient (Wildman–Crippen LogP) is 6.96. The lowest BCUT2D eigenvalue weighted by molar-refractivity contribution is -0.111. The third-order valence-corrected chi connectivity index (χ3v) is 6.39. The van der Waals surface area contributed by atoms with E-state index in [0.29, 0.717) is 29.0 Å². The first-order valence-corrected chi connectivity index (χ1v) is 13.0. The molecule has 0 aliphatic heterocycles. The third-order valence-electron chi connectivity index (χ3n) is 6.39. The number of anilines is 1. The molecule has 7 heteroatoms. The van der Waals surface area contributed by atoms with Gasteiger partial charge >= 0.3 is 0 Å². The molecule has 0 unspecified atom stereocenters. The van der Waals surface area contributed by atoms with Gasteiger partial charge < -0.3 is 15.6 Å². The van der Waals surface area contributed by atoms with Crippen LogP contribution in [-0.2, 0) is 4.79 Å². The number of aromatic nitrogens is 3. The minimum Gasteiger partial charge on any atom is -0.404 e. The fraction of sp³-hybridized carbons (Fsp3) is 0.290. The van der Waals surface area contributed by atoms with Gasteiger partial charge in [-0.15, -0.1) is 0 Å². The van der Waals surface area contributed by atoms with Gasteiger partial charge in [0.15, 0.2) is 0 Å². The van der Waals surface area contributed by atoms with E-state index in [4.69, 9.17) is 10.3 Å². The maximum absolute atomic E-state index is 13.4. The Labute approximate surface area is 224 Å². The summed E-state index contributed by atoms with van der Waals surface area (Å²) >= 11 is 0. The fourth-order valence-electron chi connectivity index (χ4n) is 4.08. The van der Waals surface area contributed by atoms with Crippen LogP contribution >= 0.6 is 0 Å². The van der Waals surface area contributed by atoms with E-state index in [1.165, 1.54) is 11.8 Å². The summed E-state index contributed by atoms with van der Waals surface area (Å²) in [6, 6.07) is 9.54. The average Bonchev–Trinajstić information content (AvgIpc) is 3.62. The molecule has 0 bridgehead atoms. The number of carbonyl (C=O) groups is 1. The minimum absolute atomic E-state index is 0.283. The number of nitrogens with zero attached hydrogens (tertiary/aromatic N) is 3. The van der Waals surface area contributed by atoms with Crippen molar-refractivity contribution in [3.05, 3.63) is 94.8 Å². The molecule has 38 heavy (non-hydrogen) atoms. The molecule has 1 aliphatic rings. The molecule has 3 aromatic rings. The van der Waals surface area contributed by atoms with Gasteiger partial charge in [-0.05, 0) is 87.4 Å². The molecule has 0 atom stereocenters. The molecule has 0 spiro atoms. The van der Waals surface area contributed by atoms with Gasteiger partial charge in [-0.3, -0.25) is 9.78 Å². The maximum Gasteiger partial charge on any atom is 0.259 e. The molecule has 4 rings (SSSR count). The molecule has 7 nitrogen and oxygen atoms in total. The van der Waals surface area contributed by atoms with Gasteiger partial charge in [-0.2, -0.15) is 4.98 Å². The summed E-state index contributed by atoms with van der Waals surface area (Å²) in [6.07, 6.45) is 12.5. The third kappa shape index (κ3) is 6.35. The van der Waals surface area contributed by atoms with Crippen LogP contribution in [0.25, 0.3) is 22.5 Å². The van der Waals surface area contributed by atoms with Gasteiger partial charge in [0.1, 0.15) is 0 Å². The van der Waals surface area contributed by atoms with Gasteiger partial charge in [-0.25, -0.2) is 0 Å². The SMILES string of the molecule is CC/C=C(C)\C(=C/C=C(C)C)c1ccnc(/C(=C\N)C(=O)Nc2cc(-c3noc(C4CC4)n3)ccc2C)c1. The van der Waals surface area contributed by atoms with Crippen molar-refractivity contribution < 1.29 is 9.32 Å². The Hall–Kier alpha value is -4.26. The molecule has 1 saturated carbocycles. The normalized spacial score (nSPS) is 14.4. The van der Waals surface area contributed by atoms with Crippen molar-refractivity contribution in [2.45, 2.75) is 59.8 Å². The highest BCUT2D eigenvalue weighted by atomic mass is 16.5. The summed E-state index contributed by atoms with van der Waals surface area (Å²) in [5, 5.41) is 7.12. The van der Waals surface area contributed by atoms with E-state index in [-0.39, 0.29) is 11.5 Å². The van der Waals surface area contributed by atoms with Crippen molar-refractivity contribution in [3.8, 4) is 11.4 Å². The first kappa shape index (κ1) is 26.8. The number of pyridine rings is 1. The molecule has 1 fully saturated rings. The molecule has 1 aliphatic carbocycles. The second kappa shape index (κ2) is 11.9. The molecular weight excluding hydrogens is 474 g/mol. The van der Waals surface area contributed by atoms with Crippen LogP contribution in [0.2, 0.25) is 0 Å². The largest absolute Gasteiger partial charge is 0.404 e. The van der Waals surface area contributed by atoms with Gasteiger partial charge in [-0.1, -0.05) is 48.0 Å². The van der Waals surface area contributed by atoms with Gasteiger partial charge in [0.25, 0.3) is 5.91 Å². The van der Waals surface area contributed by atoms with E-state index in [1.807, 2.05) is 37.3 Å². The molecule has 2 aromatic heterocycles. The van der Waals surface area contributed by atoms with E-state index >= 15 is 0 Å². The van der Waals surface area contributed by atoms with E-state index in [1.54, 1.807) is 6.20 Å². The van der Waals surface area contributed by atoms with Gasteiger partial charge in [0.05, 0.1) is 11.3 Å². The Morgan fingerprint density at radius 1 is 1.13 bits per heavy atom. The van der Waals surface area contributed by atoms with Crippen LogP contribution in [0.5, 0.6) is 0 Å². The number of nitrogens with two attached hydrogens (primary N) is 1. The van der Waals surface area contributed by atoms with Crippen molar-refractivity contribution in [1.29, 1.82) is 0 Å². The fourth-order valence-corrected chi connectivity index (χ4v) is 4.08. The van der Waals surface area contributed by atoms with Crippen molar-refractivity contribution >= 4 is 22.7 Å². The average molecular weight is 510 g/mol. The Bertz CT molecular complexity index is 1450. The van der Waals surface area contributed by atoms with Crippen LogP contribution in [0.1, 0.15) is 75.6 Å². The zero-order chi connectivity index (χ0) is 27.2. The highest BCUT2D eigenvalue weighted by Gasteiger charge is 2.30. The molecule has 3 N–H and O–H groups in total. The smallest absolute Gasteiger partial charge is 0.259 e. The van der Waals surface area contributed by atoms with Crippen LogP contribution in [0.3, 0.4) is 0 Å². The molecule has 1 amide bonds. The minimum atomic E-state index is -0.347. The summed E-state index contributed by atoms with van der Waals surface area (Å²) in [5.41, 5.74) is 13.4. The molecule has 0 radical (unpaired) electrons. The second-order valence-electron chi connectivity index (χ2n) is 9.84. The van der Waals surface area contributed by atoms with E-state index in [2.05, 4.69) is 66.4 Å². The number of benzene rings is 1. The molecule has 2 heterocycles. The summed E-state index contributed by atoms with van der Waals surface area (Å²) < 4.78 is 5.41. The summed E-state index contributed by atoms with van der Waals surface area (Å²) in [6.45, 7) is 10.3. The Morgan fingerprint density at radius 2 is 1.92 bits per heavy atom. The Morgan fingerprint density at radius 3 is 2.61 bits per heavy atom. The number of allylic oxidation sites excluding steroid dienone is 6. The first-order valence-electron chi connectivity index (χ1n) is 13.0. The highest BCUT2D eigenvalue weighted by molar-refractivity contribution is 6.25. The number of carbonyl (C=O) groups excluding carboxylic acids is 1. The standard InChI is InChI=1S/C31H35N5O2/c1-6-7-20(4)25(13-8-19(2)3)23-14-15-33-28(16-23)26(18-32)30(37)34-27-17-24(10-9-21(27)5)29-35-31(38-36-29)22-11-12-22/h7-10,13-18,22H,6,11-12,32H2,1-5H3,(H,34,37)/b20-7-,25-13+,26-18+. The highest BCUT2D eigenvalue weighted by Crippen LogP contribution is 2.39. The van der Waals surface area contributed by atoms with Crippen LogP contribution in [-0.4, -0.2) is 21.0 Å². The number of hydrogen-bond donors (Lipinski definition) is 2. The summed E-state index contributed by atoms with van der Waals surface area (Å²) in [7, 11) is 0. The summed E-state index contributed by atoms with van der Waals surface area (Å²) in [4.78, 5) is 22.4. The number of aryl methyl sites for hydroxylation is 1. The molecule has 0 saturated heterocycles. The number of hydrogen-bond acceptors (Lipinski definition) is 6. The van der Waals surface area contributed by atoms with Crippen LogP contribution in [0.15, 0.2) is 76.6 Å². The molecule has 196 valence electrons. The molecule has 1 aromatic carbocycles. The van der Waals surface area contributed by atoms with Crippen molar-refractivity contribution in [2.24, 2.45) is 5.73 Å². The maximum atomic E-state index is 13.4. The quantitative estimate of drug-likeness (QED) is 0.238. The topological polar surface area (TPSA) is 107 Å². The van der Waals surface area contributed by atoms with Gasteiger partial charge in [0, 0.05) is 29.6 Å². The summed E-state index contributed by atoms with van der Waals surface area (Å²) in [5.74, 6) is 1.21. The number of nitrogens with one attached hydrogen (secondary N) is 1.